The van der Waals surface area contributed by atoms with E-state index in [1.54, 1.807) is 13.0 Å². The Balaban J connectivity index is 2.11. The van der Waals surface area contributed by atoms with Crippen molar-refractivity contribution in [3.05, 3.63) is 42.5 Å². The minimum Gasteiger partial charge on any atom is -0.481 e. The van der Waals surface area contributed by atoms with Crippen molar-refractivity contribution in [2.75, 3.05) is 0 Å². The van der Waals surface area contributed by atoms with E-state index >= 15 is 0 Å². The molecule has 2 aromatic carbocycles. The number of carboxylic acid groups (broad SMARTS) is 1. The van der Waals surface area contributed by atoms with Crippen molar-refractivity contribution in [2.45, 2.75) is 51.8 Å². The molecule has 0 aromatic heterocycles. The number of aliphatic carboxylic acids is 1. The van der Waals surface area contributed by atoms with Crippen LogP contribution in [-0.2, 0) is 14.4 Å². The molecule has 0 aliphatic heterocycles. The predicted octanol–water partition coefficient (Wildman–Crippen LogP) is 1.75. The fourth-order valence-corrected chi connectivity index (χ4v) is 3.34. The molecular weight excluding hydrogens is 454 g/mol. The third-order valence-corrected chi connectivity index (χ3v) is 4.91. The number of nitrogens with two attached hydrogens (primary N) is 1. The molecule has 0 radical (unpaired) electrons. The number of carboxylic acids is 1. The maximum absolute atomic E-state index is 12.9. The normalized spacial score (nSPS) is 13.7. The Hall–Kier alpha value is -4.15. The number of urea groups is 1. The van der Waals surface area contributed by atoms with Gasteiger partial charge in [-0.25, -0.2) is 10.2 Å². The van der Waals surface area contributed by atoms with Gasteiger partial charge >= 0.3 is 12.0 Å². The molecule has 3 atom stereocenters. The highest BCUT2D eigenvalue weighted by Crippen LogP contribution is 2.26. The number of rotatable bonds is 12. The standard InChI is InChI=1S/C24H31N5O6/c1-14(2)11-19(23(33)27-17(12-21(30)31)13-26-29-24(25)34)28-22(32)15(3)35-20-10-6-8-16-7-4-5-9-18(16)20/h4-10,13-15,17,19H,11-12H2,1-3H3,(H,27,33)(H,28,32)(H,30,31)(H3,25,29,34)/t15?,17-,19-/m0/s1. The quantitative estimate of drug-likeness (QED) is 0.226. The number of ether oxygens (including phenoxy) is 1. The number of hydrogen-bond acceptors (Lipinski definition) is 6. The lowest BCUT2D eigenvalue weighted by atomic mass is 10.0. The highest BCUT2D eigenvalue weighted by atomic mass is 16.5. The second kappa shape index (κ2) is 12.9. The summed E-state index contributed by atoms with van der Waals surface area (Å²) >= 11 is 0. The molecule has 2 rings (SSSR count). The first-order chi connectivity index (χ1) is 16.6. The second-order valence-corrected chi connectivity index (χ2v) is 8.40. The van der Waals surface area contributed by atoms with Crippen LogP contribution >= 0.6 is 0 Å². The van der Waals surface area contributed by atoms with Crippen LogP contribution in [0.2, 0.25) is 0 Å². The second-order valence-electron chi connectivity index (χ2n) is 8.40. The van der Waals surface area contributed by atoms with Gasteiger partial charge in [0.15, 0.2) is 6.10 Å². The molecule has 0 aliphatic carbocycles. The number of fused-ring (bicyclic) bond motifs is 1. The van der Waals surface area contributed by atoms with Crippen LogP contribution in [0.4, 0.5) is 4.79 Å². The lowest BCUT2D eigenvalue weighted by Gasteiger charge is -2.24. The monoisotopic (exact) mass is 485 g/mol. The summed E-state index contributed by atoms with van der Waals surface area (Å²) in [5.74, 6) is -1.71. The molecule has 0 aliphatic rings. The van der Waals surface area contributed by atoms with E-state index in [0.29, 0.717) is 12.2 Å². The van der Waals surface area contributed by atoms with Crippen molar-refractivity contribution in [1.29, 1.82) is 0 Å². The molecule has 0 saturated carbocycles. The number of primary amides is 1. The van der Waals surface area contributed by atoms with E-state index in [1.165, 1.54) is 0 Å². The lowest BCUT2D eigenvalue weighted by Crippen LogP contribution is -2.53. The number of carbonyl (C=O) groups is 4. The van der Waals surface area contributed by atoms with Crippen molar-refractivity contribution in [3.63, 3.8) is 0 Å². The number of carbonyl (C=O) groups excluding carboxylic acids is 3. The molecule has 0 heterocycles. The van der Waals surface area contributed by atoms with Gasteiger partial charge in [-0.3, -0.25) is 14.4 Å². The van der Waals surface area contributed by atoms with Crippen LogP contribution in [0.5, 0.6) is 5.75 Å². The first-order valence-electron chi connectivity index (χ1n) is 11.1. The largest absolute Gasteiger partial charge is 0.481 e. The van der Waals surface area contributed by atoms with Gasteiger partial charge in [-0.2, -0.15) is 5.10 Å². The average Bonchev–Trinajstić information content (AvgIpc) is 2.77. The molecule has 188 valence electrons. The van der Waals surface area contributed by atoms with Gasteiger partial charge in [-0.05, 0) is 30.7 Å². The number of nitrogens with zero attached hydrogens (tertiary/aromatic N) is 1. The van der Waals surface area contributed by atoms with E-state index in [1.807, 2.05) is 55.7 Å². The Kier molecular flexibility index (Phi) is 10.0. The average molecular weight is 486 g/mol. The Morgan fingerprint density at radius 2 is 1.71 bits per heavy atom. The maximum atomic E-state index is 12.9. The highest BCUT2D eigenvalue weighted by Gasteiger charge is 2.27. The molecule has 11 heteroatoms. The number of hydrazone groups is 1. The van der Waals surface area contributed by atoms with Crippen molar-refractivity contribution >= 4 is 40.8 Å². The summed E-state index contributed by atoms with van der Waals surface area (Å²) < 4.78 is 5.89. The van der Waals surface area contributed by atoms with E-state index in [2.05, 4.69) is 15.7 Å². The molecule has 4 amide bonds. The van der Waals surface area contributed by atoms with Crippen LogP contribution < -0.4 is 26.5 Å². The van der Waals surface area contributed by atoms with Crippen molar-refractivity contribution in [2.24, 2.45) is 16.8 Å². The number of nitrogens with one attached hydrogen (secondary N) is 3. The summed E-state index contributed by atoms with van der Waals surface area (Å²) in [6.45, 7) is 5.35. The Morgan fingerprint density at radius 1 is 1.03 bits per heavy atom. The SMILES string of the molecule is CC(C)C[C@H](NC(=O)C(C)Oc1cccc2ccccc12)C(=O)N[C@H](C=NNC(N)=O)CC(=O)O. The van der Waals surface area contributed by atoms with Crippen LogP contribution in [0.1, 0.15) is 33.6 Å². The van der Waals surface area contributed by atoms with Gasteiger partial charge in [-0.1, -0.05) is 50.2 Å². The minimum atomic E-state index is -1.19. The van der Waals surface area contributed by atoms with E-state index in [-0.39, 0.29) is 5.92 Å². The summed E-state index contributed by atoms with van der Waals surface area (Å²) in [4.78, 5) is 47.8. The van der Waals surface area contributed by atoms with Gasteiger partial charge in [0.2, 0.25) is 5.91 Å². The summed E-state index contributed by atoms with van der Waals surface area (Å²) in [5, 5.41) is 19.7. The van der Waals surface area contributed by atoms with Crippen LogP contribution in [-0.4, -0.2) is 53.3 Å². The molecule has 35 heavy (non-hydrogen) atoms. The molecule has 6 N–H and O–H groups in total. The van der Waals surface area contributed by atoms with Crippen molar-refractivity contribution < 1.29 is 29.0 Å². The maximum Gasteiger partial charge on any atom is 0.332 e. The zero-order valence-electron chi connectivity index (χ0n) is 19.9. The number of benzene rings is 2. The lowest BCUT2D eigenvalue weighted by molar-refractivity contribution is -0.137. The van der Waals surface area contributed by atoms with Crippen molar-refractivity contribution in [3.8, 4) is 5.75 Å². The van der Waals surface area contributed by atoms with Gasteiger partial charge in [0.05, 0.1) is 12.5 Å². The minimum absolute atomic E-state index is 0.0449. The van der Waals surface area contributed by atoms with Crippen LogP contribution in [0.15, 0.2) is 47.6 Å². The van der Waals surface area contributed by atoms with Gasteiger partial charge in [-0.15, -0.1) is 0 Å². The van der Waals surface area contributed by atoms with Crippen LogP contribution in [0, 0.1) is 5.92 Å². The summed E-state index contributed by atoms with van der Waals surface area (Å²) in [6, 6.07) is 10.2. The Labute approximate surface area is 203 Å². The molecule has 0 saturated heterocycles. The van der Waals surface area contributed by atoms with Crippen LogP contribution in [0.25, 0.3) is 10.8 Å². The van der Waals surface area contributed by atoms with Gasteiger partial charge in [0.25, 0.3) is 5.91 Å². The first-order valence-corrected chi connectivity index (χ1v) is 11.1. The molecule has 2 aromatic rings. The van der Waals surface area contributed by atoms with Crippen LogP contribution in [0.3, 0.4) is 0 Å². The molecule has 11 nitrogen and oxygen atoms in total. The summed E-state index contributed by atoms with van der Waals surface area (Å²) in [7, 11) is 0. The summed E-state index contributed by atoms with van der Waals surface area (Å²) in [5.41, 5.74) is 6.87. The number of amides is 4. The molecule has 1 unspecified atom stereocenters. The van der Waals surface area contributed by atoms with Gasteiger partial charge in [0, 0.05) is 11.6 Å². The first kappa shape index (κ1) is 27.1. The van der Waals surface area contributed by atoms with E-state index in [9.17, 15) is 19.2 Å². The highest BCUT2D eigenvalue weighted by molar-refractivity contribution is 5.92. The van der Waals surface area contributed by atoms with Gasteiger partial charge < -0.3 is 26.2 Å². The smallest absolute Gasteiger partial charge is 0.332 e. The zero-order chi connectivity index (χ0) is 26.0. The third-order valence-electron chi connectivity index (χ3n) is 4.91. The fraction of sp³-hybridized carbons (Fsp3) is 0.375. The molecular formula is C24H31N5O6. The zero-order valence-corrected chi connectivity index (χ0v) is 19.9. The topological polar surface area (TPSA) is 172 Å². The molecule has 0 fully saturated rings. The predicted molar refractivity (Wildman–Crippen MR) is 131 cm³/mol. The Morgan fingerprint density at radius 3 is 2.37 bits per heavy atom. The van der Waals surface area contributed by atoms with E-state index in [4.69, 9.17) is 15.6 Å². The fourth-order valence-electron chi connectivity index (χ4n) is 3.34. The number of hydrogen-bond donors (Lipinski definition) is 5. The van der Waals surface area contributed by atoms with E-state index in [0.717, 1.165) is 17.0 Å². The molecule has 0 spiro atoms. The Bertz CT molecular complexity index is 1080. The summed E-state index contributed by atoms with van der Waals surface area (Å²) in [6.07, 6.45) is -0.0373. The van der Waals surface area contributed by atoms with Gasteiger partial charge in [0.1, 0.15) is 11.8 Å². The molecule has 0 bridgehead atoms. The van der Waals surface area contributed by atoms with E-state index < -0.39 is 48.4 Å². The third kappa shape index (κ3) is 8.95. The van der Waals surface area contributed by atoms with Crippen molar-refractivity contribution in [1.82, 2.24) is 16.1 Å².